The number of Topliss-reactive ketones (excluding diaryl/α,β-unsaturated/α-hetero) is 1. The number of hydrogen-bond acceptors (Lipinski definition) is 4. The zero-order chi connectivity index (χ0) is 13.0. The van der Waals surface area contributed by atoms with Gasteiger partial charge in [-0.2, -0.15) is 0 Å². The molecule has 6 heteroatoms. The molecule has 1 heterocycles. The molecule has 1 aliphatic rings. The van der Waals surface area contributed by atoms with Gasteiger partial charge in [0.15, 0.2) is 5.78 Å². The highest BCUT2D eigenvalue weighted by molar-refractivity contribution is 5.94. The van der Waals surface area contributed by atoms with Crippen LogP contribution < -0.4 is 10.6 Å². The van der Waals surface area contributed by atoms with E-state index in [0.29, 0.717) is 6.42 Å². The molecule has 2 unspecified atom stereocenters. The highest BCUT2D eigenvalue weighted by Crippen LogP contribution is 2.09. The lowest BCUT2D eigenvalue weighted by atomic mass is 10.1. The number of hydrogen-bond donors (Lipinski definition) is 2. The Kier molecular flexibility index (Phi) is 4.62. The molecule has 0 aromatic carbocycles. The summed E-state index contributed by atoms with van der Waals surface area (Å²) in [6.45, 7) is 4.90. The van der Waals surface area contributed by atoms with Crippen molar-refractivity contribution < 1.29 is 19.1 Å². The molecule has 2 amide bonds. The molecule has 0 aromatic rings. The minimum Gasteiger partial charge on any atom is -0.368 e. The molecule has 0 radical (unpaired) electrons. The molecule has 0 spiro atoms. The third-order valence-electron chi connectivity index (χ3n) is 2.70. The number of nitrogens with one attached hydrogen (secondary N) is 2. The van der Waals surface area contributed by atoms with Gasteiger partial charge in [0.05, 0.1) is 6.10 Å². The Bertz CT molecular complexity index is 329. The van der Waals surface area contributed by atoms with E-state index in [1.807, 2.05) is 0 Å². The van der Waals surface area contributed by atoms with Gasteiger partial charge in [0, 0.05) is 6.92 Å². The van der Waals surface area contributed by atoms with Crippen LogP contribution in [0, 0.1) is 0 Å². The maximum absolute atomic E-state index is 11.8. The van der Waals surface area contributed by atoms with Crippen molar-refractivity contribution in [2.24, 2.45) is 0 Å². The van der Waals surface area contributed by atoms with Crippen LogP contribution in [0.5, 0.6) is 0 Å². The van der Waals surface area contributed by atoms with E-state index in [4.69, 9.17) is 4.74 Å². The molecule has 6 nitrogen and oxygen atoms in total. The summed E-state index contributed by atoms with van der Waals surface area (Å²) in [5.74, 6) is -0.754. The van der Waals surface area contributed by atoms with Crippen molar-refractivity contribution in [2.75, 3.05) is 6.61 Å². The standard InChI is InChI=1S/C11H18N2O4/c1-4-8(12-7(3)14)11(16)13-10-6(2)17-5-9(10)15/h6,8,10H,4-5H2,1-3H3,(H,12,14)(H,13,16)/t6?,8-,10?/m0/s1. The zero-order valence-electron chi connectivity index (χ0n) is 10.3. The number of ether oxygens (including phenoxy) is 1. The summed E-state index contributed by atoms with van der Waals surface area (Å²) in [6.07, 6.45) is 0.156. The molecule has 3 atom stereocenters. The molecule has 2 N–H and O–H groups in total. The molecule has 1 rings (SSSR count). The van der Waals surface area contributed by atoms with Crippen LogP contribution in [0.3, 0.4) is 0 Å². The predicted octanol–water partition coefficient (Wildman–Crippen LogP) is -0.626. The summed E-state index contributed by atoms with van der Waals surface area (Å²) in [7, 11) is 0. The van der Waals surface area contributed by atoms with Gasteiger partial charge in [-0.1, -0.05) is 6.92 Å². The van der Waals surface area contributed by atoms with Crippen LogP contribution in [0.2, 0.25) is 0 Å². The van der Waals surface area contributed by atoms with Crippen molar-refractivity contribution in [2.45, 2.75) is 45.4 Å². The molecule has 0 aliphatic carbocycles. The minimum atomic E-state index is -0.606. The summed E-state index contributed by atoms with van der Waals surface area (Å²) in [5, 5.41) is 5.14. The summed E-state index contributed by atoms with van der Waals surface area (Å²) in [5.41, 5.74) is 0. The van der Waals surface area contributed by atoms with Crippen LogP contribution >= 0.6 is 0 Å². The monoisotopic (exact) mass is 242 g/mol. The molecular formula is C11H18N2O4. The Hall–Kier alpha value is -1.43. The molecular weight excluding hydrogens is 224 g/mol. The van der Waals surface area contributed by atoms with Crippen molar-refractivity contribution in [3.63, 3.8) is 0 Å². The van der Waals surface area contributed by atoms with Crippen molar-refractivity contribution in [1.29, 1.82) is 0 Å². The first-order valence-corrected chi connectivity index (χ1v) is 5.67. The van der Waals surface area contributed by atoms with E-state index in [2.05, 4.69) is 10.6 Å². The largest absolute Gasteiger partial charge is 0.368 e. The molecule has 0 saturated carbocycles. The highest BCUT2D eigenvalue weighted by Gasteiger charge is 2.35. The van der Waals surface area contributed by atoms with Gasteiger partial charge in [-0.15, -0.1) is 0 Å². The number of amides is 2. The van der Waals surface area contributed by atoms with Gasteiger partial charge in [-0.3, -0.25) is 14.4 Å². The topological polar surface area (TPSA) is 84.5 Å². The quantitative estimate of drug-likeness (QED) is 0.687. The number of carbonyl (C=O) groups excluding carboxylic acids is 3. The summed E-state index contributed by atoms with van der Waals surface area (Å²) >= 11 is 0. The number of ketones is 1. The molecule has 1 saturated heterocycles. The second-order valence-corrected chi connectivity index (χ2v) is 4.13. The van der Waals surface area contributed by atoms with Crippen molar-refractivity contribution >= 4 is 17.6 Å². The second kappa shape index (κ2) is 5.77. The molecule has 0 aromatic heterocycles. The fraction of sp³-hybridized carbons (Fsp3) is 0.727. The Morgan fingerprint density at radius 3 is 2.59 bits per heavy atom. The molecule has 0 bridgehead atoms. The van der Waals surface area contributed by atoms with Gasteiger partial charge in [-0.25, -0.2) is 0 Å². The zero-order valence-corrected chi connectivity index (χ0v) is 10.3. The van der Waals surface area contributed by atoms with Crippen LogP contribution in [0.25, 0.3) is 0 Å². The number of rotatable bonds is 4. The first-order chi connectivity index (χ1) is 7.95. The van der Waals surface area contributed by atoms with Gasteiger partial charge >= 0.3 is 0 Å². The maximum Gasteiger partial charge on any atom is 0.243 e. The van der Waals surface area contributed by atoms with E-state index in [1.54, 1.807) is 13.8 Å². The first-order valence-electron chi connectivity index (χ1n) is 5.67. The van der Waals surface area contributed by atoms with Crippen LogP contribution in [0.4, 0.5) is 0 Å². The van der Waals surface area contributed by atoms with E-state index in [1.165, 1.54) is 6.92 Å². The third kappa shape index (κ3) is 3.52. The first kappa shape index (κ1) is 13.6. The minimum absolute atomic E-state index is 0.0308. The van der Waals surface area contributed by atoms with Crippen LogP contribution in [0.15, 0.2) is 0 Å². The average molecular weight is 242 g/mol. The van der Waals surface area contributed by atoms with Crippen LogP contribution in [-0.4, -0.2) is 42.4 Å². The van der Waals surface area contributed by atoms with Gasteiger partial charge in [-0.05, 0) is 13.3 Å². The van der Waals surface area contributed by atoms with Gasteiger partial charge in [0.25, 0.3) is 0 Å². The predicted molar refractivity (Wildman–Crippen MR) is 60.2 cm³/mol. The summed E-state index contributed by atoms with van der Waals surface area (Å²) in [6, 6.07) is -1.21. The average Bonchev–Trinajstić information content (AvgIpc) is 2.57. The van der Waals surface area contributed by atoms with E-state index in [-0.39, 0.29) is 30.3 Å². The van der Waals surface area contributed by atoms with Crippen molar-refractivity contribution in [1.82, 2.24) is 10.6 Å². The van der Waals surface area contributed by atoms with Gasteiger partial charge in [0.2, 0.25) is 11.8 Å². The fourth-order valence-corrected chi connectivity index (χ4v) is 1.71. The Balaban J connectivity index is 2.57. The van der Waals surface area contributed by atoms with E-state index in [0.717, 1.165) is 0 Å². The number of carbonyl (C=O) groups is 3. The van der Waals surface area contributed by atoms with Crippen LogP contribution in [0.1, 0.15) is 27.2 Å². The Morgan fingerprint density at radius 2 is 2.18 bits per heavy atom. The lowest BCUT2D eigenvalue weighted by molar-refractivity contribution is -0.130. The Labute approximate surface area is 100 Å². The SMILES string of the molecule is CC[C@H](NC(C)=O)C(=O)NC1C(=O)COC1C. The fourth-order valence-electron chi connectivity index (χ4n) is 1.71. The Morgan fingerprint density at radius 1 is 1.53 bits per heavy atom. The van der Waals surface area contributed by atoms with E-state index >= 15 is 0 Å². The lowest BCUT2D eigenvalue weighted by Gasteiger charge is -2.20. The second-order valence-electron chi connectivity index (χ2n) is 4.13. The molecule has 1 fully saturated rings. The van der Waals surface area contributed by atoms with E-state index < -0.39 is 12.1 Å². The normalized spacial score (nSPS) is 25.5. The van der Waals surface area contributed by atoms with Crippen molar-refractivity contribution in [3.8, 4) is 0 Å². The summed E-state index contributed by atoms with van der Waals surface area (Å²) < 4.78 is 5.12. The van der Waals surface area contributed by atoms with Crippen molar-refractivity contribution in [3.05, 3.63) is 0 Å². The highest BCUT2D eigenvalue weighted by atomic mass is 16.5. The lowest BCUT2D eigenvalue weighted by Crippen LogP contribution is -2.52. The molecule has 1 aliphatic heterocycles. The maximum atomic E-state index is 11.8. The molecule has 96 valence electrons. The third-order valence-corrected chi connectivity index (χ3v) is 2.70. The van der Waals surface area contributed by atoms with Gasteiger partial charge in [0.1, 0.15) is 18.7 Å². The van der Waals surface area contributed by atoms with Crippen LogP contribution in [-0.2, 0) is 19.1 Å². The molecule has 17 heavy (non-hydrogen) atoms. The summed E-state index contributed by atoms with van der Waals surface area (Å²) in [4.78, 5) is 34.2. The smallest absolute Gasteiger partial charge is 0.243 e. The van der Waals surface area contributed by atoms with E-state index in [9.17, 15) is 14.4 Å². The van der Waals surface area contributed by atoms with Gasteiger partial charge < -0.3 is 15.4 Å².